The summed E-state index contributed by atoms with van der Waals surface area (Å²) in [5, 5.41) is 0. The Balaban J connectivity index is 2.55. The van der Waals surface area contributed by atoms with E-state index in [0.717, 1.165) is 0 Å². The molecule has 6 nitrogen and oxygen atoms in total. The van der Waals surface area contributed by atoms with Gasteiger partial charge in [-0.2, -0.15) is 5.48 Å². The van der Waals surface area contributed by atoms with E-state index in [4.69, 9.17) is 10.6 Å². The average molecular weight is 228 g/mol. The molecule has 0 aliphatic heterocycles. The van der Waals surface area contributed by atoms with E-state index in [1.807, 2.05) is 0 Å². The molecule has 0 aromatic carbocycles. The van der Waals surface area contributed by atoms with Crippen molar-refractivity contribution in [3.05, 3.63) is 0 Å². The molecule has 0 radical (unpaired) electrons. The van der Waals surface area contributed by atoms with Crippen molar-refractivity contribution in [3.8, 4) is 0 Å². The first-order valence-corrected chi connectivity index (χ1v) is 5.02. The van der Waals surface area contributed by atoms with Gasteiger partial charge in [-0.25, -0.2) is 0 Å². The number of carbonyl (C=O) groups is 3. The molecule has 1 rings (SSSR count). The summed E-state index contributed by atoms with van der Waals surface area (Å²) in [6.07, 6.45) is -0.129. The number of hydrogen-bond donors (Lipinski definition) is 2. The molecule has 1 fully saturated rings. The van der Waals surface area contributed by atoms with Crippen molar-refractivity contribution in [2.45, 2.75) is 38.8 Å². The summed E-state index contributed by atoms with van der Waals surface area (Å²) in [5.74, 6) is -2.41. The molecule has 16 heavy (non-hydrogen) atoms. The molecule has 2 atom stereocenters. The third kappa shape index (κ3) is 2.86. The van der Waals surface area contributed by atoms with Crippen LogP contribution in [0.1, 0.15) is 27.2 Å². The molecule has 1 amide bonds. The molecule has 0 heterocycles. The predicted octanol–water partition coefficient (Wildman–Crippen LogP) is -0.682. The van der Waals surface area contributed by atoms with Gasteiger partial charge in [0.2, 0.25) is 17.5 Å². The van der Waals surface area contributed by atoms with Gasteiger partial charge >= 0.3 is 0 Å². The van der Waals surface area contributed by atoms with Crippen LogP contribution in [0, 0.1) is 5.92 Å². The fourth-order valence-electron chi connectivity index (χ4n) is 1.38. The van der Waals surface area contributed by atoms with Gasteiger partial charge in [-0.3, -0.25) is 19.2 Å². The van der Waals surface area contributed by atoms with Gasteiger partial charge in [0.05, 0.1) is 11.5 Å². The van der Waals surface area contributed by atoms with E-state index in [-0.39, 0.29) is 6.42 Å². The number of ketones is 2. The topological polar surface area (TPSA) is 98.5 Å². The van der Waals surface area contributed by atoms with Gasteiger partial charge in [0, 0.05) is 6.42 Å². The van der Waals surface area contributed by atoms with E-state index in [9.17, 15) is 14.4 Å². The van der Waals surface area contributed by atoms with Crippen molar-refractivity contribution < 1.29 is 19.2 Å². The van der Waals surface area contributed by atoms with E-state index in [0.29, 0.717) is 0 Å². The predicted molar refractivity (Wildman–Crippen MR) is 55.1 cm³/mol. The fraction of sp³-hybridized carbons (Fsp3) is 0.700. The maximum atomic E-state index is 11.2. The number of Topliss-reactive ketones (excluding diaryl/α,β-unsaturated/α-hetero) is 2. The van der Waals surface area contributed by atoms with Crippen molar-refractivity contribution in [1.29, 1.82) is 0 Å². The highest BCUT2D eigenvalue weighted by atomic mass is 16.7. The number of carbonyl (C=O) groups excluding carboxylic acids is 3. The molecule has 0 aromatic heterocycles. The number of rotatable bonds is 4. The van der Waals surface area contributed by atoms with Crippen molar-refractivity contribution in [2.75, 3.05) is 0 Å². The second-order valence-corrected chi connectivity index (χ2v) is 4.82. The Hall–Kier alpha value is -1.27. The van der Waals surface area contributed by atoms with Crippen LogP contribution in [-0.4, -0.2) is 29.1 Å². The Bertz CT molecular complexity index is 332. The monoisotopic (exact) mass is 228 g/mol. The summed E-state index contributed by atoms with van der Waals surface area (Å²) < 4.78 is 0. The van der Waals surface area contributed by atoms with Crippen LogP contribution >= 0.6 is 0 Å². The molecule has 0 saturated heterocycles. The van der Waals surface area contributed by atoms with E-state index >= 15 is 0 Å². The zero-order chi connectivity index (χ0) is 12.5. The van der Waals surface area contributed by atoms with E-state index in [1.54, 1.807) is 20.8 Å². The molecule has 1 aliphatic rings. The first kappa shape index (κ1) is 12.8. The highest BCUT2D eigenvalue weighted by Gasteiger charge is 2.50. The van der Waals surface area contributed by atoms with Crippen LogP contribution in [0.3, 0.4) is 0 Å². The van der Waals surface area contributed by atoms with Gasteiger partial charge in [-0.1, -0.05) is 0 Å². The minimum atomic E-state index is -0.751. The highest BCUT2D eigenvalue weighted by molar-refractivity contribution is 6.47. The summed E-state index contributed by atoms with van der Waals surface area (Å²) in [4.78, 5) is 38.3. The third-order valence-corrected chi connectivity index (χ3v) is 2.18. The molecular formula is C10H16N2O4. The zero-order valence-corrected chi connectivity index (χ0v) is 9.57. The highest BCUT2D eigenvalue weighted by Crippen LogP contribution is 2.24. The second-order valence-electron chi connectivity index (χ2n) is 4.82. The molecule has 6 heteroatoms. The normalized spacial score (nSPS) is 25.4. The fourth-order valence-corrected chi connectivity index (χ4v) is 1.38. The number of hydrogen-bond acceptors (Lipinski definition) is 5. The minimum absolute atomic E-state index is 0.129. The first-order valence-electron chi connectivity index (χ1n) is 5.02. The van der Waals surface area contributed by atoms with Gasteiger partial charge in [0.1, 0.15) is 6.04 Å². The van der Waals surface area contributed by atoms with Gasteiger partial charge in [0.15, 0.2) is 0 Å². The summed E-state index contributed by atoms with van der Waals surface area (Å²) in [7, 11) is 0. The lowest BCUT2D eigenvalue weighted by molar-refractivity contribution is -0.163. The van der Waals surface area contributed by atoms with Gasteiger partial charge in [0.25, 0.3) is 0 Å². The van der Waals surface area contributed by atoms with E-state index in [2.05, 4.69) is 5.48 Å². The molecule has 3 N–H and O–H groups in total. The second kappa shape index (κ2) is 4.31. The minimum Gasteiger partial charge on any atom is -0.370 e. The Kier molecular flexibility index (Phi) is 3.44. The Labute approximate surface area is 93.5 Å². The smallest absolute Gasteiger partial charge is 0.218 e. The SMILES string of the molecule is CC(C)(C)ONC1C(=O)C(=O)C1CC(N)=O. The Morgan fingerprint density at radius 3 is 2.38 bits per heavy atom. The molecule has 1 aliphatic carbocycles. The van der Waals surface area contributed by atoms with Crippen LogP contribution in [0.15, 0.2) is 0 Å². The van der Waals surface area contributed by atoms with Crippen LogP contribution < -0.4 is 11.2 Å². The lowest BCUT2D eigenvalue weighted by Crippen LogP contribution is -2.61. The standard InChI is InChI=1S/C10H16N2O4/c1-10(2,3)16-12-7-5(4-6(11)13)8(14)9(7)15/h5,7,12H,4H2,1-3H3,(H2,11,13). The van der Waals surface area contributed by atoms with Crippen molar-refractivity contribution >= 4 is 17.5 Å². The van der Waals surface area contributed by atoms with Gasteiger partial charge in [-0.05, 0) is 20.8 Å². The average Bonchev–Trinajstić information content (AvgIpc) is 2.13. The Morgan fingerprint density at radius 2 is 1.94 bits per heavy atom. The Morgan fingerprint density at radius 1 is 1.38 bits per heavy atom. The van der Waals surface area contributed by atoms with Crippen LogP contribution in [0.5, 0.6) is 0 Å². The number of nitrogens with one attached hydrogen (secondary N) is 1. The molecule has 0 aromatic rings. The van der Waals surface area contributed by atoms with Crippen molar-refractivity contribution in [1.82, 2.24) is 5.48 Å². The molecule has 0 spiro atoms. The number of nitrogens with two attached hydrogens (primary N) is 1. The summed E-state index contributed by atoms with van der Waals surface area (Å²) in [6, 6.07) is -0.751. The molecule has 2 unspecified atom stereocenters. The van der Waals surface area contributed by atoms with E-state index in [1.165, 1.54) is 0 Å². The molecular weight excluding hydrogens is 212 g/mol. The summed E-state index contributed by atoms with van der Waals surface area (Å²) in [5.41, 5.74) is 7.02. The number of hydroxylamine groups is 1. The van der Waals surface area contributed by atoms with Gasteiger partial charge < -0.3 is 5.73 Å². The van der Waals surface area contributed by atoms with Crippen LogP contribution in [0.25, 0.3) is 0 Å². The largest absolute Gasteiger partial charge is 0.370 e. The van der Waals surface area contributed by atoms with Crippen molar-refractivity contribution in [3.63, 3.8) is 0 Å². The molecule has 0 bridgehead atoms. The van der Waals surface area contributed by atoms with E-state index < -0.39 is 35.0 Å². The van der Waals surface area contributed by atoms with Crippen LogP contribution in [0.2, 0.25) is 0 Å². The lowest BCUT2D eigenvalue weighted by Gasteiger charge is -2.34. The number of primary amides is 1. The maximum absolute atomic E-state index is 11.2. The van der Waals surface area contributed by atoms with Crippen LogP contribution in [0.4, 0.5) is 0 Å². The summed E-state index contributed by atoms with van der Waals surface area (Å²) >= 11 is 0. The van der Waals surface area contributed by atoms with Crippen molar-refractivity contribution in [2.24, 2.45) is 11.7 Å². The molecule has 90 valence electrons. The lowest BCUT2D eigenvalue weighted by atomic mass is 9.75. The maximum Gasteiger partial charge on any atom is 0.218 e. The van der Waals surface area contributed by atoms with Gasteiger partial charge in [-0.15, -0.1) is 0 Å². The third-order valence-electron chi connectivity index (χ3n) is 2.18. The number of amides is 1. The summed E-state index contributed by atoms with van der Waals surface area (Å²) in [6.45, 7) is 5.40. The quantitative estimate of drug-likeness (QED) is 0.490. The zero-order valence-electron chi connectivity index (χ0n) is 9.57. The first-order chi connectivity index (χ1) is 7.22. The molecule has 1 saturated carbocycles. The van der Waals surface area contributed by atoms with Crippen LogP contribution in [-0.2, 0) is 19.2 Å².